The molecule has 32 heavy (non-hydrogen) atoms. The van der Waals surface area contributed by atoms with Crippen LogP contribution in [0.3, 0.4) is 0 Å². The van der Waals surface area contributed by atoms with Gasteiger partial charge in [-0.05, 0) is 98.0 Å². The van der Waals surface area contributed by atoms with Gasteiger partial charge in [-0.1, -0.05) is 55.4 Å². The maximum atomic E-state index is 2.70. The molecule has 0 aliphatic carbocycles. The molecule has 0 aromatic rings. The van der Waals surface area contributed by atoms with Gasteiger partial charge in [-0.2, -0.15) is 21.0 Å². The third-order valence-corrected chi connectivity index (χ3v) is 14.8. The van der Waals surface area contributed by atoms with Gasteiger partial charge in [0.15, 0.2) is 0 Å². The molecule has 0 saturated carbocycles. The molecule has 0 atom stereocenters. The maximum Gasteiger partial charge on any atom is 0.0880 e. The van der Waals surface area contributed by atoms with Gasteiger partial charge in [0.05, 0.1) is 8.64 Å². The van der Waals surface area contributed by atoms with Gasteiger partial charge in [0, 0.05) is 24.2 Å². The fraction of sp³-hybridized carbons (Fsp3) is 0.923. The van der Waals surface area contributed by atoms with E-state index >= 15 is 0 Å². The van der Waals surface area contributed by atoms with Crippen LogP contribution in [0.25, 0.3) is 0 Å². The molecule has 0 aromatic carbocycles. The minimum absolute atomic E-state index is 0.233. The topological polar surface area (TPSA) is 6.48 Å². The van der Waals surface area contributed by atoms with Crippen LogP contribution >= 0.6 is 42.6 Å². The Labute approximate surface area is 216 Å². The van der Waals surface area contributed by atoms with Crippen LogP contribution in [0.2, 0.25) is 0 Å². The van der Waals surface area contributed by atoms with Crippen LogP contribution in [0.15, 0.2) is 0 Å². The van der Waals surface area contributed by atoms with Crippen molar-refractivity contribution in [3.63, 3.8) is 0 Å². The average Bonchev–Trinajstić information content (AvgIpc) is 2.56. The first-order valence-electron chi connectivity index (χ1n) is 12.6. The summed E-state index contributed by atoms with van der Waals surface area (Å²) in [5.74, 6) is 0. The molecule has 0 aliphatic rings. The molecular formula is C26H56N2S4. The molecule has 0 spiro atoms. The molecule has 2 nitrogen and oxygen atoms in total. The summed E-state index contributed by atoms with van der Waals surface area (Å²) in [7, 11) is 4.64. The van der Waals surface area contributed by atoms with Gasteiger partial charge < -0.3 is 0 Å². The van der Waals surface area contributed by atoms with E-state index in [9.17, 15) is 0 Å². The van der Waals surface area contributed by atoms with Gasteiger partial charge in [-0.15, -0.1) is 0 Å². The predicted molar refractivity (Wildman–Crippen MR) is 165 cm³/mol. The zero-order valence-electron chi connectivity index (χ0n) is 24.1. The fourth-order valence-electron chi connectivity index (χ4n) is 4.41. The minimum atomic E-state index is 0.233. The zero-order chi connectivity index (χ0) is 25.5. The van der Waals surface area contributed by atoms with Crippen molar-refractivity contribution in [1.82, 2.24) is 9.80 Å². The Morgan fingerprint density at radius 2 is 0.594 bits per heavy atom. The standard InChI is InChI=1S/C26H56N2S4/c1-17(2)27(18(3)4)25(31(21(9)10)22(11)12)29-30-26(28(19(5)6)20(7)8)32(23(13)14)24(15)16/h17-24H,1-16H3. The van der Waals surface area contributed by atoms with Crippen LogP contribution in [-0.2, 0) is 0 Å². The van der Waals surface area contributed by atoms with Crippen LogP contribution in [0, 0.1) is 0 Å². The molecule has 0 aromatic heterocycles. The van der Waals surface area contributed by atoms with E-state index in [-0.39, 0.29) is 21.0 Å². The normalized spacial score (nSPS) is 13.5. The lowest BCUT2D eigenvalue weighted by atomic mass is 10.2. The highest BCUT2D eigenvalue weighted by molar-refractivity contribution is 8.90. The summed E-state index contributed by atoms with van der Waals surface area (Å²) in [6, 6.07) is 2.03. The van der Waals surface area contributed by atoms with Crippen LogP contribution in [0.5, 0.6) is 0 Å². The Morgan fingerprint density at radius 3 is 0.719 bits per heavy atom. The Kier molecular flexibility index (Phi) is 15.7. The highest BCUT2D eigenvalue weighted by Crippen LogP contribution is 2.44. The smallest absolute Gasteiger partial charge is 0.0880 e. The summed E-state index contributed by atoms with van der Waals surface area (Å²) in [4.78, 5) is 5.41. The maximum absolute atomic E-state index is 2.70. The Balaban J connectivity index is 6.83. The minimum Gasteiger partial charge on any atom is -0.259 e. The first-order chi connectivity index (χ1) is 14.6. The van der Waals surface area contributed by atoms with Crippen molar-refractivity contribution < 1.29 is 0 Å². The van der Waals surface area contributed by atoms with Crippen LogP contribution in [0.4, 0.5) is 0 Å². The molecule has 0 amide bonds. The van der Waals surface area contributed by atoms with Crippen LogP contribution in [0.1, 0.15) is 111 Å². The van der Waals surface area contributed by atoms with Gasteiger partial charge in [-0.25, -0.2) is 0 Å². The summed E-state index contributed by atoms with van der Waals surface area (Å²) < 4.78 is 3.21. The van der Waals surface area contributed by atoms with E-state index in [0.717, 1.165) is 0 Å². The Hall–Kier alpha value is 1.06. The molecule has 194 valence electrons. The van der Waals surface area contributed by atoms with E-state index < -0.39 is 0 Å². The number of nitrogens with zero attached hydrogens (tertiary/aromatic N) is 2. The van der Waals surface area contributed by atoms with Crippen molar-refractivity contribution in [1.29, 1.82) is 0 Å². The van der Waals surface area contributed by atoms with Gasteiger partial charge in [0.2, 0.25) is 0 Å². The molecule has 0 radical (unpaired) electrons. The van der Waals surface area contributed by atoms with E-state index in [2.05, 4.69) is 142 Å². The number of hydrogen-bond donors (Lipinski definition) is 0. The second-order valence-corrected chi connectivity index (χ2v) is 19.5. The van der Waals surface area contributed by atoms with Crippen LogP contribution < -0.4 is 0 Å². The van der Waals surface area contributed by atoms with Crippen molar-refractivity contribution in [2.24, 2.45) is 0 Å². The van der Waals surface area contributed by atoms with Gasteiger partial charge in [0.25, 0.3) is 0 Å². The van der Waals surface area contributed by atoms with E-state index in [4.69, 9.17) is 0 Å². The highest BCUT2D eigenvalue weighted by atomic mass is 33.1. The second-order valence-electron chi connectivity index (χ2n) is 10.8. The largest absolute Gasteiger partial charge is 0.259 e. The Morgan fingerprint density at radius 1 is 0.406 bits per heavy atom. The lowest BCUT2D eigenvalue weighted by Crippen LogP contribution is -2.43. The molecule has 0 bridgehead atoms. The van der Waals surface area contributed by atoms with Gasteiger partial charge >= 0.3 is 0 Å². The third kappa shape index (κ3) is 9.60. The average molecular weight is 525 g/mol. The summed E-state index contributed by atoms with van der Waals surface area (Å²) in [6.07, 6.45) is 0. The van der Waals surface area contributed by atoms with Crippen molar-refractivity contribution in [2.75, 3.05) is 0 Å². The van der Waals surface area contributed by atoms with E-state index in [0.29, 0.717) is 45.2 Å². The van der Waals surface area contributed by atoms with Gasteiger partial charge in [0.1, 0.15) is 0 Å². The second kappa shape index (κ2) is 15.2. The van der Waals surface area contributed by atoms with Crippen molar-refractivity contribution >= 4 is 51.2 Å². The highest BCUT2D eigenvalue weighted by Gasteiger charge is 2.29. The van der Waals surface area contributed by atoms with Crippen molar-refractivity contribution in [3.8, 4) is 0 Å². The number of rotatable bonds is 8. The lowest BCUT2D eigenvalue weighted by Gasteiger charge is -2.39. The number of hydrogen-bond acceptors (Lipinski definition) is 2. The van der Waals surface area contributed by atoms with E-state index in [1.807, 2.05) is 0 Å². The molecule has 6 heteroatoms. The molecule has 0 heterocycles. The molecule has 0 N–H and O–H groups in total. The van der Waals surface area contributed by atoms with Crippen molar-refractivity contribution in [2.45, 2.75) is 156 Å². The molecule has 0 aliphatic heterocycles. The lowest BCUT2D eigenvalue weighted by molar-refractivity contribution is 0.302. The molecule has 0 unspecified atom stereocenters. The predicted octanol–water partition coefficient (Wildman–Crippen LogP) is 8.95. The first kappa shape index (κ1) is 33.1. The van der Waals surface area contributed by atoms with Crippen molar-refractivity contribution in [3.05, 3.63) is 0 Å². The fourth-order valence-corrected chi connectivity index (χ4v) is 16.6. The molecule has 0 fully saturated rings. The monoisotopic (exact) mass is 524 g/mol. The summed E-state index contributed by atoms with van der Waals surface area (Å²) >= 11 is 0. The summed E-state index contributed by atoms with van der Waals surface area (Å²) in [6.45, 7) is 38.2. The van der Waals surface area contributed by atoms with E-state index in [1.165, 1.54) is 0 Å². The SMILES string of the molecule is CC(C)N(C(SSC(N(C(C)C)C(C)C)=S(C(C)C)C(C)C)=S(C(C)C)C(C)C)C(C)C. The molecular weight excluding hydrogens is 469 g/mol. The Bertz CT molecular complexity index is 527. The summed E-state index contributed by atoms with van der Waals surface area (Å²) in [5.41, 5.74) is 0. The van der Waals surface area contributed by atoms with E-state index in [1.54, 1.807) is 8.64 Å². The van der Waals surface area contributed by atoms with Gasteiger partial charge in [-0.3, -0.25) is 9.80 Å². The molecule has 0 rings (SSSR count). The van der Waals surface area contributed by atoms with Crippen LogP contribution in [-0.4, -0.2) is 63.6 Å². The third-order valence-electron chi connectivity index (χ3n) is 5.27. The molecule has 0 saturated heterocycles. The quantitative estimate of drug-likeness (QED) is 0.231. The first-order valence-corrected chi connectivity index (χ1v) is 17.5. The summed E-state index contributed by atoms with van der Waals surface area (Å²) in [5, 5.41) is 2.62. The zero-order valence-corrected chi connectivity index (χ0v) is 27.4.